The predicted octanol–water partition coefficient (Wildman–Crippen LogP) is 5.00. The van der Waals surface area contributed by atoms with Crippen molar-refractivity contribution in [1.29, 1.82) is 0 Å². The maximum Gasteiger partial charge on any atom is 0.317 e. The van der Waals surface area contributed by atoms with Gasteiger partial charge in [0, 0.05) is 0 Å². The minimum absolute atomic E-state index is 0.0406. The number of halogens is 3. The van der Waals surface area contributed by atoms with Gasteiger partial charge in [-0.15, -0.1) is 0 Å². The third-order valence-corrected chi connectivity index (χ3v) is 5.38. The summed E-state index contributed by atoms with van der Waals surface area (Å²) in [5, 5.41) is 2.56. The molecule has 2 aromatic carbocycles. The Kier molecular flexibility index (Phi) is 5.98. The summed E-state index contributed by atoms with van der Waals surface area (Å²) in [6.45, 7) is 1.44. The van der Waals surface area contributed by atoms with Crippen molar-refractivity contribution in [1.82, 2.24) is 0 Å². The van der Waals surface area contributed by atoms with Crippen LogP contribution in [0.3, 0.4) is 0 Å². The lowest BCUT2D eigenvalue weighted by Crippen LogP contribution is -2.40. The monoisotopic (exact) mass is 407 g/mol. The van der Waals surface area contributed by atoms with E-state index in [2.05, 4.69) is 5.32 Å². The summed E-state index contributed by atoms with van der Waals surface area (Å²) >= 11 is 5.91. The van der Waals surface area contributed by atoms with Gasteiger partial charge in [0.05, 0.1) is 16.1 Å². The number of carbonyl (C=O) groups excluding carboxylic acids is 2. The van der Waals surface area contributed by atoms with Gasteiger partial charge in [0.25, 0.3) is 5.91 Å². The number of ether oxygens (including phenoxy) is 1. The molecule has 1 unspecified atom stereocenters. The summed E-state index contributed by atoms with van der Waals surface area (Å²) in [7, 11) is 0. The highest BCUT2D eigenvalue weighted by Crippen LogP contribution is 2.42. The second kappa shape index (κ2) is 8.27. The van der Waals surface area contributed by atoms with E-state index in [1.54, 1.807) is 12.1 Å². The third kappa shape index (κ3) is 4.17. The molecule has 1 fully saturated rings. The zero-order chi connectivity index (χ0) is 20.3. The number of hydrogen-bond acceptors (Lipinski definition) is 3. The van der Waals surface area contributed by atoms with Crippen LogP contribution in [0, 0.1) is 11.6 Å². The van der Waals surface area contributed by atoms with E-state index in [9.17, 15) is 18.4 Å². The Morgan fingerprint density at radius 3 is 2.43 bits per heavy atom. The van der Waals surface area contributed by atoms with Gasteiger partial charge >= 0.3 is 5.97 Å². The van der Waals surface area contributed by atoms with Crippen molar-refractivity contribution in [3.05, 3.63) is 64.7 Å². The largest absolute Gasteiger partial charge is 0.452 e. The van der Waals surface area contributed by atoms with E-state index in [1.807, 2.05) is 0 Å². The van der Waals surface area contributed by atoms with Crippen LogP contribution in [0.5, 0.6) is 0 Å². The summed E-state index contributed by atoms with van der Waals surface area (Å²) in [4.78, 5) is 25.4. The van der Waals surface area contributed by atoms with Crippen LogP contribution in [0.4, 0.5) is 14.5 Å². The average molecular weight is 408 g/mol. The maximum atomic E-state index is 13.7. The molecule has 0 bridgehead atoms. The Balaban J connectivity index is 1.73. The number of amides is 1. The first-order chi connectivity index (χ1) is 13.3. The van der Waals surface area contributed by atoms with Crippen LogP contribution in [0.15, 0.2) is 42.5 Å². The molecule has 1 amide bonds. The minimum Gasteiger partial charge on any atom is -0.452 e. The zero-order valence-corrected chi connectivity index (χ0v) is 16.1. The van der Waals surface area contributed by atoms with Crippen molar-refractivity contribution in [2.24, 2.45) is 0 Å². The number of carbonyl (C=O) groups is 2. The number of nitrogens with one attached hydrogen (secondary N) is 1. The second-order valence-electron chi connectivity index (χ2n) is 6.96. The highest BCUT2D eigenvalue weighted by atomic mass is 35.5. The van der Waals surface area contributed by atoms with E-state index in [4.69, 9.17) is 16.3 Å². The van der Waals surface area contributed by atoms with E-state index >= 15 is 0 Å². The predicted molar refractivity (Wildman–Crippen MR) is 102 cm³/mol. The molecule has 0 spiro atoms. The standard InChI is InChI=1S/C21H20ClF2NO3/c1-13(19(26)25-18-8-7-16(24)12-17(18)22)28-20(27)21(9-2-3-10-21)14-5-4-6-15(23)11-14/h4-8,11-13H,2-3,9-10H2,1H3,(H,25,26). The van der Waals surface area contributed by atoms with E-state index < -0.39 is 35.0 Å². The summed E-state index contributed by atoms with van der Waals surface area (Å²) in [5.41, 5.74) is -0.176. The summed E-state index contributed by atoms with van der Waals surface area (Å²) in [6, 6.07) is 9.50. The molecule has 1 N–H and O–H groups in total. The molecular weight excluding hydrogens is 388 g/mol. The van der Waals surface area contributed by atoms with Crippen LogP contribution in [0.25, 0.3) is 0 Å². The molecule has 0 radical (unpaired) electrons. The number of anilines is 1. The molecular formula is C21H20ClF2NO3. The first-order valence-corrected chi connectivity index (χ1v) is 9.43. The van der Waals surface area contributed by atoms with E-state index in [-0.39, 0.29) is 10.7 Å². The molecule has 1 saturated carbocycles. The van der Waals surface area contributed by atoms with Crippen molar-refractivity contribution >= 4 is 29.2 Å². The van der Waals surface area contributed by atoms with Crippen molar-refractivity contribution in [2.75, 3.05) is 5.32 Å². The lowest BCUT2D eigenvalue weighted by molar-refractivity contribution is -0.159. The lowest BCUT2D eigenvalue weighted by atomic mass is 9.79. The maximum absolute atomic E-state index is 13.7. The second-order valence-corrected chi connectivity index (χ2v) is 7.37. The summed E-state index contributed by atoms with van der Waals surface area (Å²) in [5.74, 6) is -2.09. The molecule has 0 heterocycles. The molecule has 3 rings (SSSR count). The molecule has 28 heavy (non-hydrogen) atoms. The van der Waals surface area contributed by atoms with E-state index in [0.717, 1.165) is 25.0 Å². The van der Waals surface area contributed by atoms with Crippen LogP contribution < -0.4 is 5.32 Å². The molecule has 148 valence electrons. The Bertz CT molecular complexity index is 897. The molecule has 2 aromatic rings. The zero-order valence-electron chi connectivity index (χ0n) is 15.3. The quantitative estimate of drug-likeness (QED) is 0.709. The Hall–Kier alpha value is -2.47. The van der Waals surface area contributed by atoms with Gasteiger partial charge in [-0.2, -0.15) is 0 Å². The third-order valence-electron chi connectivity index (χ3n) is 5.07. The molecule has 1 atom stereocenters. The number of benzene rings is 2. The number of hydrogen-bond donors (Lipinski definition) is 1. The van der Waals surface area contributed by atoms with Gasteiger partial charge < -0.3 is 10.1 Å². The van der Waals surface area contributed by atoms with Gasteiger partial charge in [0.2, 0.25) is 0 Å². The summed E-state index contributed by atoms with van der Waals surface area (Å²) < 4.78 is 32.3. The normalized spacial score (nSPS) is 16.4. The Labute approximate surface area is 166 Å². The van der Waals surface area contributed by atoms with Gasteiger partial charge in [-0.1, -0.05) is 36.6 Å². The molecule has 0 aromatic heterocycles. The Morgan fingerprint density at radius 2 is 1.79 bits per heavy atom. The summed E-state index contributed by atoms with van der Waals surface area (Å²) in [6.07, 6.45) is 1.61. The number of rotatable bonds is 5. The average Bonchev–Trinajstić information content (AvgIpc) is 3.15. The van der Waals surface area contributed by atoms with E-state index in [1.165, 1.54) is 25.1 Å². The van der Waals surface area contributed by atoms with Gasteiger partial charge in [-0.3, -0.25) is 9.59 Å². The molecule has 7 heteroatoms. The molecule has 0 aliphatic heterocycles. The minimum atomic E-state index is -1.10. The Morgan fingerprint density at radius 1 is 1.11 bits per heavy atom. The van der Waals surface area contributed by atoms with Crippen molar-refractivity contribution in [3.63, 3.8) is 0 Å². The highest BCUT2D eigenvalue weighted by Gasteiger charge is 2.45. The molecule has 1 aliphatic rings. The van der Waals surface area contributed by atoms with Crippen molar-refractivity contribution in [2.45, 2.75) is 44.1 Å². The van der Waals surface area contributed by atoms with Crippen LogP contribution in [0.1, 0.15) is 38.2 Å². The lowest BCUT2D eigenvalue weighted by Gasteiger charge is -2.28. The smallest absolute Gasteiger partial charge is 0.317 e. The molecule has 4 nitrogen and oxygen atoms in total. The first-order valence-electron chi connectivity index (χ1n) is 9.05. The van der Waals surface area contributed by atoms with Gasteiger partial charge in [0.15, 0.2) is 6.10 Å². The first kappa shape index (κ1) is 20.3. The fourth-order valence-electron chi connectivity index (χ4n) is 3.53. The van der Waals surface area contributed by atoms with E-state index in [0.29, 0.717) is 18.4 Å². The molecule has 0 saturated heterocycles. The van der Waals surface area contributed by atoms with Crippen LogP contribution in [0.2, 0.25) is 5.02 Å². The fraction of sp³-hybridized carbons (Fsp3) is 0.333. The molecule has 1 aliphatic carbocycles. The highest BCUT2D eigenvalue weighted by molar-refractivity contribution is 6.33. The topological polar surface area (TPSA) is 55.4 Å². The van der Waals surface area contributed by atoms with Crippen LogP contribution >= 0.6 is 11.6 Å². The van der Waals surface area contributed by atoms with Gasteiger partial charge in [-0.25, -0.2) is 8.78 Å². The van der Waals surface area contributed by atoms with Crippen LogP contribution in [-0.4, -0.2) is 18.0 Å². The SMILES string of the molecule is CC(OC(=O)C1(c2cccc(F)c2)CCCC1)C(=O)Nc1ccc(F)cc1Cl. The van der Waals surface area contributed by atoms with Crippen LogP contribution in [-0.2, 0) is 19.7 Å². The number of esters is 1. The van der Waals surface area contributed by atoms with Crippen molar-refractivity contribution < 1.29 is 23.1 Å². The van der Waals surface area contributed by atoms with Gasteiger partial charge in [0.1, 0.15) is 11.6 Å². The van der Waals surface area contributed by atoms with Gasteiger partial charge in [-0.05, 0) is 55.7 Å². The van der Waals surface area contributed by atoms with Crippen molar-refractivity contribution in [3.8, 4) is 0 Å². The fourth-order valence-corrected chi connectivity index (χ4v) is 3.74.